The summed E-state index contributed by atoms with van der Waals surface area (Å²) in [6.07, 6.45) is 4.15. The highest BCUT2D eigenvalue weighted by Gasteiger charge is 2.28. The Morgan fingerprint density at radius 3 is 2.52 bits per heavy atom. The van der Waals surface area contributed by atoms with E-state index in [1.54, 1.807) is 0 Å². The molecule has 3 nitrogen and oxygen atoms in total. The fourth-order valence-corrected chi connectivity index (χ4v) is 3.71. The van der Waals surface area contributed by atoms with Crippen LogP contribution in [-0.4, -0.2) is 48.6 Å². The van der Waals surface area contributed by atoms with Crippen LogP contribution in [0.3, 0.4) is 0 Å². The predicted octanol–water partition coefficient (Wildman–Crippen LogP) is 2.42. The molecule has 3 rings (SSSR count). The summed E-state index contributed by atoms with van der Waals surface area (Å²) in [6.45, 7) is 9.16. The van der Waals surface area contributed by atoms with Gasteiger partial charge in [0.25, 0.3) is 0 Å². The lowest BCUT2D eigenvalue weighted by Crippen LogP contribution is -2.35. The van der Waals surface area contributed by atoms with Gasteiger partial charge in [-0.2, -0.15) is 0 Å². The molecule has 21 heavy (non-hydrogen) atoms. The molecule has 2 unspecified atom stereocenters. The van der Waals surface area contributed by atoms with Gasteiger partial charge < -0.3 is 5.73 Å². The lowest BCUT2D eigenvalue weighted by atomic mass is 10.00. The van der Waals surface area contributed by atoms with Crippen molar-refractivity contribution in [3.8, 4) is 0 Å². The molecule has 1 aromatic carbocycles. The van der Waals surface area contributed by atoms with Gasteiger partial charge in [-0.15, -0.1) is 0 Å². The highest BCUT2D eigenvalue weighted by Crippen LogP contribution is 2.22. The molecule has 1 aromatic rings. The molecule has 0 aromatic heterocycles. The van der Waals surface area contributed by atoms with Crippen molar-refractivity contribution in [2.45, 2.75) is 44.7 Å². The number of benzene rings is 1. The molecule has 0 amide bonds. The van der Waals surface area contributed by atoms with Gasteiger partial charge in [-0.25, -0.2) is 0 Å². The highest BCUT2D eigenvalue weighted by molar-refractivity contribution is 5.25. The summed E-state index contributed by atoms with van der Waals surface area (Å²) in [5, 5.41) is 0. The van der Waals surface area contributed by atoms with Crippen molar-refractivity contribution in [1.29, 1.82) is 0 Å². The van der Waals surface area contributed by atoms with Gasteiger partial charge in [0.2, 0.25) is 0 Å². The fraction of sp³-hybridized carbons (Fsp3) is 0.667. The van der Waals surface area contributed by atoms with E-state index in [2.05, 4.69) is 41.0 Å². The Balaban J connectivity index is 1.52. The summed E-state index contributed by atoms with van der Waals surface area (Å²) >= 11 is 0. The first kappa shape index (κ1) is 15.0. The number of hydrogen-bond acceptors (Lipinski definition) is 3. The fourth-order valence-electron chi connectivity index (χ4n) is 3.71. The van der Waals surface area contributed by atoms with Crippen molar-refractivity contribution in [3.63, 3.8) is 0 Å². The minimum absolute atomic E-state index is 0.463. The van der Waals surface area contributed by atoms with Crippen LogP contribution in [-0.2, 0) is 6.54 Å². The van der Waals surface area contributed by atoms with Crippen molar-refractivity contribution in [1.82, 2.24) is 9.80 Å². The zero-order valence-corrected chi connectivity index (χ0v) is 13.3. The van der Waals surface area contributed by atoms with Crippen LogP contribution < -0.4 is 5.73 Å². The van der Waals surface area contributed by atoms with Crippen molar-refractivity contribution >= 4 is 0 Å². The normalized spacial score (nSPS) is 25.5. The molecule has 2 N–H and O–H groups in total. The highest BCUT2D eigenvalue weighted by atomic mass is 15.3. The third-order valence-electron chi connectivity index (χ3n) is 5.21. The predicted molar refractivity (Wildman–Crippen MR) is 88.4 cm³/mol. The van der Waals surface area contributed by atoms with E-state index in [4.69, 9.17) is 5.73 Å². The first-order valence-electron chi connectivity index (χ1n) is 8.51. The molecule has 2 fully saturated rings. The number of nitrogens with two attached hydrogens (primary N) is 1. The molecular formula is C18H29N3. The van der Waals surface area contributed by atoms with Crippen molar-refractivity contribution < 1.29 is 0 Å². The second-order valence-electron chi connectivity index (χ2n) is 6.80. The summed E-state index contributed by atoms with van der Waals surface area (Å²) < 4.78 is 0. The molecule has 2 aliphatic rings. The van der Waals surface area contributed by atoms with Crippen LogP contribution in [0.5, 0.6) is 0 Å². The summed E-state index contributed by atoms with van der Waals surface area (Å²) in [5.41, 5.74) is 8.53. The third kappa shape index (κ3) is 3.65. The van der Waals surface area contributed by atoms with Gasteiger partial charge in [-0.05, 0) is 55.9 Å². The smallest absolute Gasteiger partial charge is 0.0235 e. The molecule has 0 spiro atoms. The van der Waals surface area contributed by atoms with Crippen LogP contribution in [0.4, 0.5) is 0 Å². The SMILES string of the molecule is CC(CN)c1ccc(CN2CCC(N3CCCC3)C2)cc1. The first-order chi connectivity index (χ1) is 10.3. The molecule has 2 saturated heterocycles. The molecule has 0 aliphatic carbocycles. The molecular weight excluding hydrogens is 258 g/mol. The van der Waals surface area contributed by atoms with Crippen molar-refractivity contribution in [2.75, 3.05) is 32.7 Å². The van der Waals surface area contributed by atoms with Crippen LogP contribution in [0.1, 0.15) is 43.2 Å². The monoisotopic (exact) mass is 287 g/mol. The summed E-state index contributed by atoms with van der Waals surface area (Å²) in [5.74, 6) is 0.463. The number of likely N-dealkylation sites (tertiary alicyclic amines) is 2. The minimum atomic E-state index is 0.463. The molecule has 2 aliphatic heterocycles. The largest absolute Gasteiger partial charge is 0.330 e. The summed E-state index contributed by atoms with van der Waals surface area (Å²) in [4.78, 5) is 5.32. The Bertz CT molecular complexity index is 436. The maximum Gasteiger partial charge on any atom is 0.0235 e. The van der Waals surface area contributed by atoms with E-state index >= 15 is 0 Å². The quantitative estimate of drug-likeness (QED) is 0.903. The number of nitrogens with zero attached hydrogens (tertiary/aromatic N) is 2. The number of rotatable bonds is 5. The minimum Gasteiger partial charge on any atom is -0.330 e. The average molecular weight is 287 g/mol. The zero-order chi connectivity index (χ0) is 14.7. The van der Waals surface area contributed by atoms with Gasteiger partial charge >= 0.3 is 0 Å². The van der Waals surface area contributed by atoms with E-state index in [1.807, 2.05) is 0 Å². The van der Waals surface area contributed by atoms with Crippen molar-refractivity contribution in [2.24, 2.45) is 5.73 Å². The lowest BCUT2D eigenvalue weighted by molar-refractivity contribution is 0.230. The molecule has 116 valence electrons. The topological polar surface area (TPSA) is 32.5 Å². The Hall–Kier alpha value is -0.900. The van der Waals surface area contributed by atoms with Gasteiger partial charge in [-0.3, -0.25) is 9.80 Å². The van der Waals surface area contributed by atoms with Gasteiger partial charge in [0, 0.05) is 25.7 Å². The van der Waals surface area contributed by atoms with E-state index in [0.717, 1.165) is 19.1 Å². The first-order valence-corrected chi connectivity index (χ1v) is 8.51. The lowest BCUT2D eigenvalue weighted by Gasteiger charge is -2.23. The van der Waals surface area contributed by atoms with Crippen LogP contribution >= 0.6 is 0 Å². The summed E-state index contributed by atoms with van der Waals surface area (Å²) in [6, 6.07) is 9.88. The van der Waals surface area contributed by atoms with Gasteiger partial charge in [0.05, 0.1) is 0 Å². The molecule has 0 saturated carbocycles. The molecule has 2 atom stereocenters. The molecule has 0 bridgehead atoms. The average Bonchev–Trinajstić information content (AvgIpc) is 3.18. The van der Waals surface area contributed by atoms with Crippen LogP contribution in [0.25, 0.3) is 0 Å². The Morgan fingerprint density at radius 1 is 1.14 bits per heavy atom. The molecule has 0 radical (unpaired) electrons. The maximum atomic E-state index is 5.74. The standard InChI is InChI=1S/C18H29N3/c1-15(12-19)17-6-4-16(5-7-17)13-20-11-8-18(14-20)21-9-2-3-10-21/h4-7,15,18H,2-3,8-14,19H2,1H3. The third-order valence-corrected chi connectivity index (χ3v) is 5.21. The van der Waals surface area contributed by atoms with Gasteiger partial charge in [-0.1, -0.05) is 31.2 Å². The van der Waals surface area contributed by atoms with Crippen LogP contribution in [0, 0.1) is 0 Å². The Kier molecular flexibility index (Phi) is 4.94. The van der Waals surface area contributed by atoms with E-state index in [1.165, 1.54) is 56.6 Å². The second kappa shape index (κ2) is 6.91. The number of hydrogen-bond donors (Lipinski definition) is 1. The summed E-state index contributed by atoms with van der Waals surface area (Å²) in [7, 11) is 0. The van der Waals surface area contributed by atoms with Crippen LogP contribution in [0.2, 0.25) is 0 Å². The van der Waals surface area contributed by atoms with Gasteiger partial charge in [0.1, 0.15) is 0 Å². The molecule has 2 heterocycles. The van der Waals surface area contributed by atoms with E-state index < -0.39 is 0 Å². The maximum absolute atomic E-state index is 5.74. The van der Waals surface area contributed by atoms with E-state index in [9.17, 15) is 0 Å². The van der Waals surface area contributed by atoms with Gasteiger partial charge in [0.15, 0.2) is 0 Å². The molecule has 3 heteroatoms. The van der Waals surface area contributed by atoms with E-state index in [0.29, 0.717) is 5.92 Å². The Labute approximate surface area is 129 Å². The zero-order valence-electron chi connectivity index (χ0n) is 13.3. The van der Waals surface area contributed by atoms with Crippen LogP contribution in [0.15, 0.2) is 24.3 Å². The second-order valence-corrected chi connectivity index (χ2v) is 6.80. The van der Waals surface area contributed by atoms with Crippen molar-refractivity contribution in [3.05, 3.63) is 35.4 Å². The van der Waals surface area contributed by atoms with E-state index in [-0.39, 0.29) is 0 Å². The Morgan fingerprint density at radius 2 is 1.86 bits per heavy atom.